The molecule has 0 bridgehead atoms. The quantitative estimate of drug-likeness (QED) is 0.750. The van der Waals surface area contributed by atoms with Crippen LogP contribution in [0.25, 0.3) is 0 Å². The van der Waals surface area contributed by atoms with Crippen molar-refractivity contribution in [2.24, 2.45) is 0 Å². The van der Waals surface area contributed by atoms with Crippen molar-refractivity contribution in [3.8, 4) is 0 Å². The lowest BCUT2D eigenvalue weighted by Crippen LogP contribution is -2.31. The fourth-order valence-corrected chi connectivity index (χ4v) is 1.39. The lowest BCUT2D eigenvalue weighted by Gasteiger charge is -2.21. The minimum Gasteiger partial charge on any atom is -0.398 e. The summed E-state index contributed by atoms with van der Waals surface area (Å²) >= 11 is 0. The highest BCUT2D eigenvalue weighted by atomic mass is 15.1. The molecule has 3 N–H and O–H groups in total. The fourth-order valence-electron chi connectivity index (χ4n) is 1.39. The molecule has 0 spiro atoms. The van der Waals surface area contributed by atoms with Crippen LogP contribution in [0.2, 0.25) is 0 Å². The Bertz CT molecular complexity index is 334. The highest BCUT2D eigenvalue weighted by molar-refractivity contribution is 5.58. The molecule has 0 unspecified atom stereocenters. The van der Waals surface area contributed by atoms with Crippen molar-refractivity contribution in [3.05, 3.63) is 23.8 Å². The minimum absolute atomic E-state index is 0.588. The number of nitrogens with zero attached hydrogens (tertiary/aromatic N) is 1. The van der Waals surface area contributed by atoms with Gasteiger partial charge < -0.3 is 16.0 Å². The molecule has 0 aliphatic carbocycles. The molecule has 1 aromatic rings. The van der Waals surface area contributed by atoms with Crippen molar-refractivity contribution >= 4 is 11.4 Å². The Morgan fingerprint density at radius 3 is 2.62 bits per heavy atom. The average molecular weight is 221 g/mol. The Labute approximate surface area is 98.6 Å². The van der Waals surface area contributed by atoms with Crippen LogP contribution in [-0.2, 0) is 0 Å². The van der Waals surface area contributed by atoms with E-state index in [1.165, 1.54) is 0 Å². The van der Waals surface area contributed by atoms with E-state index in [0.29, 0.717) is 6.04 Å². The molecule has 0 saturated heterocycles. The molecule has 0 atom stereocenters. The Kier molecular flexibility index (Phi) is 4.62. The molecule has 0 amide bonds. The number of nitrogen functional groups attached to an aromatic ring is 1. The van der Waals surface area contributed by atoms with Gasteiger partial charge in [-0.1, -0.05) is 6.07 Å². The third-order valence-electron chi connectivity index (χ3n) is 2.95. The van der Waals surface area contributed by atoms with Crippen LogP contribution in [0.4, 0.5) is 11.4 Å². The van der Waals surface area contributed by atoms with E-state index in [2.05, 4.69) is 37.2 Å². The number of hydrogen-bond donors (Lipinski definition) is 2. The molecule has 1 aromatic carbocycles. The molecule has 0 aliphatic rings. The molecule has 3 heteroatoms. The van der Waals surface area contributed by atoms with Crippen molar-refractivity contribution in [1.82, 2.24) is 4.90 Å². The van der Waals surface area contributed by atoms with Crippen molar-refractivity contribution in [1.29, 1.82) is 0 Å². The molecular formula is C13H23N3. The Balaban J connectivity index is 2.40. The zero-order valence-electron chi connectivity index (χ0n) is 10.7. The lowest BCUT2D eigenvalue weighted by molar-refractivity contribution is 0.284. The van der Waals surface area contributed by atoms with Gasteiger partial charge in [-0.05, 0) is 45.5 Å². The predicted octanol–water partition coefficient (Wildman–Crippen LogP) is 2.33. The van der Waals surface area contributed by atoms with Gasteiger partial charge in [0.15, 0.2) is 0 Å². The van der Waals surface area contributed by atoms with E-state index in [-0.39, 0.29) is 0 Å². The third-order valence-corrected chi connectivity index (χ3v) is 2.95. The van der Waals surface area contributed by atoms with E-state index in [1.54, 1.807) is 0 Å². The molecule has 0 heterocycles. The lowest BCUT2D eigenvalue weighted by atomic mass is 10.2. The first kappa shape index (κ1) is 12.8. The molecule has 16 heavy (non-hydrogen) atoms. The summed E-state index contributed by atoms with van der Waals surface area (Å²) in [6, 6.07) is 6.69. The molecule has 0 fully saturated rings. The van der Waals surface area contributed by atoms with Crippen molar-refractivity contribution in [2.45, 2.75) is 26.8 Å². The van der Waals surface area contributed by atoms with Gasteiger partial charge in [0.2, 0.25) is 0 Å². The number of nitrogens with one attached hydrogen (secondary N) is 1. The fraction of sp³-hybridized carbons (Fsp3) is 0.538. The summed E-state index contributed by atoms with van der Waals surface area (Å²) in [6.45, 7) is 8.39. The maximum atomic E-state index is 5.85. The maximum absolute atomic E-state index is 5.85. The Hall–Kier alpha value is -1.22. The second-order valence-electron chi connectivity index (χ2n) is 4.57. The molecule has 0 aromatic heterocycles. The van der Waals surface area contributed by atoms with Gasteiger partial charge in [0, 0.05) is 30.5 Å². The summed E-state index contributed by atoms with van der Waals surface area (Å²) in [4.78, 5) is 2.31. The highest BCUT2D eigenvalue weighted by Crippen LogP contribution is 2.16. The summed E-state index contributed by atoms with van der Waals surface area (Å²) < 4.78 is 0. The number of aryl methyl sites for hydroxylation is 1. The van der Waals surface area contributed by atoms with E-state index >= 15 is 0 Å². The third kappa shape index (κ3) is 3.74. The molecule has 0 radical (unpaired) electrons. The van der Waals surface area contributed by atoms with Gasteiger partial charge in [-0.25, -0.2) is 0 Å². The predicted molar refractivity (Wildman–Crippen MR) is 71.8 cm³/mol. The maximum Gasteiger partial charge on any atom is 0.0364 e. The summed E-state index contributed by atoms with van der Waals surface area (Å²) in [6.07, 6.45) is 0. The van der Waals surface area contributed by atoms with E-state index in [9.17, 15) is 0 Å². The van der Waals surface area contributed by atoms with Gasteiger partial charge in [-0.15, -0.1) is 0 Å². The topological polar surface area (TPSA) is 41.3 Å². The van der Waals surface area contributed by atoms with Crippen LogP contribution in [-0.4, -0.2) is 31.1 Å². The van der Waals surface area contributed by atoms with E-state index in [4.69, 9.17) is 5.73 Å². The SMILES string of the molecule is Cc1ccc(NCCN(C)C(C)C)cc1N. The second kappa shape index (κ2) is 5.75. The molecular weight excluding hydrogens is 198 g/mol. The molecule has 90 valence electrons. The van der Waals surface area contributed by atoms with Gasteiger partial charge in [0.25, 0.3) is 0 Å². The minimum atomic E-state index is 0.588. The first-order chi connectivity index (χ1) is 7.50. The smallest absolute Gasteiger partial charge is 0.0364 e. The highest BCUT2D eigenvalue weighted by Gasteiger charge is 2.02. The van der Waals surface area contributed by atoms with Crippen molar-refractivity contribution in [3.63, 3.8) is 0 Å². The van der Waals surface area contributed by atoms with Crippen LogP contribution in [0.1, 0.15) is 19.4 Å². The number of rotatable bonds is 5. The second-order valence-corrected chi connectivity index (χ2v) is 4.57. The molecule has 0 saturated carbocycles. The van der Waals surface area contributed by atoms with Crippen LogP contribution >= 0.6 is 0 Å². The van der Waals surface area contributed by atoms with E-state index in [1.807, 2.05) is 19.1 Å². The Morgan fingerprint density at radius 1 is 1.38 bits per heavy atom. The average Bonchev–Trinajstić information content (AvgIpc) is 2.23. The summed E-state index contributed by atoms with van der Waals surface area (Å²) in [5, 5.41) is 3.38. The van der Waals surface area contributed by atoms with Crippen LogP contribution in [0.5, 0.6) is 0 Å². The monoisotopic (exact) mass is 221 g/mol. The van der Waals surface area contributed by atoms with E-state index < -0.39 is 0 Å². The summed E-state index contributed by atoms with van der Waals surface area (Å²) in [5.74, 6) is 0. The number of anilines is 2. The molecule has 3 nitrogen and oxygen atoms in total. The van der Waals surface area contributed by atoms with Crippen molar-refractivity contribution < 1.29 is 0 Å². The van der Waals surface area contributed by atoms with Gasteiger partial charge in [0.05, 0.1) is 0 Å². The molecule has 1 rings (SSSR count). The number of nitrogens with two attached hydrogens (primary N) is 1. The van der Waals surface area contributed by atoms with Gasteiger partial charge in [-0.3, -0.25) is 0 Å². The number of likely N-dealkylation sites (N-methyl/N-ethyl adjacent to an activating group) is 1. The van der Waals surface area contributed by atoms with Gasteiger partial charge in [-0.2, -0.15) is 0 Å². The Morgan fingerprint density at radius 2 is 2.06 bits per heavy atom. The standard InChI is InChI=1S/C13H23N3/c1-10(2)16(4)8-7-15-12-6-5-11(3)13(14)9-12/h5-6,9-10,15H,7-8,14H2,1-4H3. The number of benzene rings is 1. The first-order valence-electron chi connectivity index (χ1n) is 5.81. The van der Waals surface area contributed by atoms with Crippen LogP contribution in [0, 0.1) is 6.92 Å². The zero-order valence-corrected chi connectivity index (χ0v) is 10.7. The molecule has 0 aliphatic heterocycles. The van der Waals surface area contributed by atoms with Crippen LogP contribution in [0.3, 0.4) is 0 Å². The van der Waals surface area contributed by atoms with Crippen LogP contribution in [0.15, 0.2) is 18.2 Å². The largest absolute Gasteiger partial charge is 0.398 e. The van der Waals surface area contributed by atoms with Crippen LogP contribution < -0.4 is 11.1 Å². The number of hydrogen-bond acceptors (Lipinski definition) is 3. The zero-order chi connectivity index (χ0) is 12.1. The van der Waals surface area contributed by atoms with E-state index in [0.717, 1.165) is 30.0 Å². The summed E-state index contributed by atoms with van der Waals surface area (Å²) in [7, 11) is 2.13. The normalized spacial score (nSPS) is 11.1. The van der Waals surface area contributed by atoms with Crippen molar-refractivity contribution in [2.75, 3.05) is 31.2 Å². The summed E-state index contributed by atoms with van der Waals surface area (Å²) in [5.41, 5.74) is 8.93. The van der Waals surface area contributed by atoms with Gasteiger partial charge >= 0.3 is 0 Å². The van der Waals surface area contributed by atoms with Gasteiger partial charge in [0.1, 0.15) is 0 Å². The first-order valence-corrected chi connectivity index (χ1v) is 5.81.